The van der Waals surface area contributed by atoms with Gasteiger partial charge >= 0.3 is 0 Å². The fourth-order valence-electron chi connectivity index (χ4n) is 1.76. The third-order valence-corrected chi connectivity index (χ3v) is 2.51. The molecule has 0 saturated heterocycles. The van der Waals surface area contributed by atoms with Crippen molar-refractivity contribution >= 4 is 16.6 Å². The zero-order valence-electron chi connectivity index (χ0n) is 9.98. The predicted molar refractivity (Wildman–Crippen MR) is 65.8 cm³/mol. The lowest BCUT2D eigenvalue weighted by atomic mass is 10.1. The number of benzene rings is 1. The molecule has 5 heteroatoms. The second-order valence-electron chi connectivity index (χ2n) is 3.48. The van der Waals surface area contributed by atoms with Gasteiger partial charge in [-0.25, -0.2) is 0 Å². The maximum Gasteiger partial charge on any atom is 0.204 e. The Labute approximate surface area is 99.1 Å². The summed E-state index contributed by atoms with van der Waals surface area (Å²) in [6.45, 7) is 0. The van der Waals surface area contributed by atoms with Gasteiger partial charge in [0.15, 0.2) is 11.5 Å². The van der Waals surface area contributed by atoms with E-state index in [-0.39, 0.29) is 0 Å². The number of hydrogen-bond acceptors (Lipinski definition) is 5. The second kappa shape index (κ2) is 4.37. The van der Waals surface area contributed by atoms with Gasteiger partial charge in [-0.05, 0) is 6.07 Å². The number of anilines is 1. The van der Waals surface area contributed by atoms with E-state index in [1.807, 2.05) is 0 Å². The van der Waals surface area contributed by atoms with E-state index in [0.717, 1.165) is 10.9 Å². The second-order valence-corrected chi connectivity index (χ2v) is 3.48. The molecular weight excluding hydrogens is 220 g/mol. The van der Waals surface area contributed by atoms with Crippen molar-refractivity contribution in [2.45, 2.75) is 0 Å². The molecule has 0 radical (unpaired) electrons. The molecule has 90 valence electrons. The fourth-order valence-corrected chi connectivity index (χ4v) is 1.76. The summed E-state index contributed by atoms with van der Waals surface area (Å²) < 4.78 is 15.9. The minimum Gasteiger partial charge on any atom is -0.493 e. The highest BCUT2D eigenvalue weighted by Crippen LogP contribution is 2.42. The number of hydrogen-bond donors (Lipinski definition) is 1. The first-order chi connectivity index (χ1) is 8.21. The van der Waals surface area contributed by atoms with Crippen LogP contribution < -0.4 is 19.9 Å². The summed E-state index contributed by atoms with van der Waals surface area (Å²) in [4.78, 5) is 4.23. The third kappa shape index (κ3) is 1.80. The largest absolute Gasteiger partial charge is 0.493 e. The van der Waals surface area contributed by atoms with Crippen LogP contribution in [0.2, 0.25) is 0 Å². The van der Waals surface area contributed by atoms with Crippen LogP contribution in [0.15, 0.2) is 18.3 Å². The van der Waals surface area contributed by atoms with Crippen molar-refractivity contribution in [1.82, 2.24) is 4.98 Å². The molecule has 5 nitrogen and oxygen atoms in total. The topological polar surface area (TPSA) is 66.6 Å². The first kappa shape index (κ1) is 11.3. The zero-order valence-corrected chi connectivity index (χ0v) is 9.98. The van der Waals surface area contributed by atoms with Crippen LogP contribution in [0.25, 0.3) is 10.9 Å². The Morgan fingerprint density at radius 1 is 1.00 bits per heavy atom. The van der Waals surface area contributed by atoms with Crippen LogP contribution in [0.3, 0.4) is 0 Å². The van der Waals surface area contributed by atoms with E-state index in [9.17, 15) is 0 Å². The summed E-state index contributed by atoms with van der Waals surface area (Å²) in [6, 6.07) is 3.58. The molecule has 1 heterocycles. The molecule has 0 bridgehead atoms. The van der Waals surface area contributed by atoms with Gasteiger partial charge in [0.25, 0.3) is 0 Å². The first-order valence-electron chi connectivity index (χ1n) is 5.05. The van der Waals surface area contributed by atoms with Crippen molar-refractivity contribution in [1.29, 1.82) is 0 Å². The van der Waals surface area contributed by atoms with Crippen molar-refractivity contribution in [3.8, 4) is 17.2 Å². The van der Waals surface area contributed by atoms with E-state index < -0.39 is 0 Å². The monoisotopic (exact) mass is 234 g/mol. The first-order valence-corrected chi connectivity index (χ1v) is 5.05. The summed E-state index contributed by atoms with van der Waals surface area (Å²) in [5.41, 5.74) is 7.04. The predicted octanol–water partition coefficient (Wildman–Crippen LogP) is 1.84. The number of aromatic nitrogens is 1. The molecule has 0 aliphatic heterocycles. The molecule has 17 heavy (non-hydrogen) atoms. The van der Waals surface area contributed by atoms with Crippen molar-refractivity contribution in [2.75, 3.05) is 27.1 Å². The maximum absolute atomic E-state index is 5.72. The Hall–Kier alpha value is -2.17. The molecule has 2 N–H and O–H groups in total. The molecule has 2 rings (SSSR count). The van der Waals surface area contributed by atoms with Crippen molar-refractivity contribution < 1.29 is 14.2 Å². The summed E-state index contributed by atoms with van der Waals surface area (Å²) >= 11 is 0. The number of ether oxygens (including phenoxy) is 3. The average molecular weight is 234 g/mol. The highest BCUT2D eigenvalue weighted by atomic mass is 16.5. The zero-order chi connectivity index (χ0) is 12.4. The van der Waals surface area contributed by atoms with E-state index in [2.05, 4.69) is 4.98 Å². The van der Waals surface area contributed by atoms with Crippen LogP contribution in [0, 0.1) is 0 Å². The van der Waals surface area contributed by atoms with Gasteiger partial charge in [-0.3, -0.25) is 4.98 Å². The van der Waals surface area contributed by atoms with E-state index in [1.165, 1.54) is 0 Å². The molecule has 2 aromatic rings. The smallest absolute Gasteiger partial charge is 0.204 e. The van der Waals surface area contributed by atoms with Crippen LogP contribution in [0.4, 0.5) is 5.69 Å². The van der Waals surface area contributed by atoms with Gasteiger partial charge in [0.2, 0.25) is 5.75 Å². The van der Waals surface area contributed by atoms with Crippen molar-refractivity contribution in [2.24, 2.45) is 0 Å². The minimum absolute atomic E-state index is 0.537. The molecular formula is C12H14N2O3. The minimum atomic E-state index is 0.537. The lowest BCUT2D eigenvalue weighted by Crippen LogP contribution is -1.97. The number of methoxy groups -OCH3 is 3. The highest BCUT2D eigenvalue weighted by molar-refractivity contribution is 5.92. The van der Waals surface area contributed by atoms with Crippen molar-refractivity contribution in [3.05, 3.63) is 18.3 Å². The Kier molecular flexibility index (Phi) is 2.91. The summed E-state index contributed by atoms with van der Waals surface area (Å²) in [7, 11) is 4.70. The molecule has 0 fully saturated rings. The Morgan fingerprint density at radius 2 is 1.71 bits per heavy atom. The molecule has 1 aromatic heterocycles. The summed E-state index contributed by atoms with van der Waals surface area (Å²) in [5, 5.41) is 0.796. The van der Waals surface area contributed by atoms with Crippen LogP contribution in [0.5, 0.6) is 17.2 Å². The van der Waals surface area contributed by atoms with Crippen LogP contribution in [-0.4, -0.2) is 26.3 Å². The maximum atomic E-state index is 5.72. The quantitative estimate of drug-likeness (QED) is 0.877. The van der Waals surface area contributed by atoms with E-state index in [1.54, 1.807) is 39.7 Å². The highest BCUT2D eigenvalue weighted by Gasteiger charge is 2.16. The van der Waals surface area contributed by atoms with Crippen LogP contribution in [-0.2, 0) is 0 Å². The molecule has 0 atom stereocenters. The van der Waals surface area contributed by atoms with Gasteiger partial charge in [-0.15, -0.1) is 0 Å². The fraction of sp³-hybridized carbons (Fsp3) is 0.250. The lowest BCUT2D eigenvalue weighted by molar-refractivity contribution is 0.327. The third-order valence-electron chi connectivity index (χ3n) is 2.51. The number of rotatable bonds is 3. The van der Waals surface area contributed by atoms with Crippen molar-refractivity contribution in [3.63, 3.8) is 0 Å². The van der Waals surface area contributed by atoms with E-state index >= 15 is 0 Å². The Bertz CT molecular complexity index is 555. The normalized spacial score (nSPS) is 10.3. The number of pyridine rings is 1. The summed E-state index contributed by atoms with van der Waals surface area (Å²) in [5.74, 6) is 1.69. The van der Waals surface area contributed by atoms with Gasteiger partial charge in [0.1, 0.15) is 0 Å². The van der Waals surface area contributed by atoms with Gasteiger partial charge in [-0.1, -0.05) is 0 Å². The molecule has 0 aliphatic rings. The molecule has 0 saturated carbocycles. The van der Waals surface area contributed by atoms with Gasteiger partial charge in [-0.2, -0.15) is 0 Å². The van der Waals surface area contributed by atoms with Gasteiger partial charge in [0.05, 0.1) is 38.7 Å². The Morgan fingerprint density at radius 3 is 2.29 bits per heavy atom. The SMILES string of the molecule is COc1cc2ncc(N)cc2c(OC)c1OC. The summed E-state index contributed by atoms with van der Waals surface area (Å²) in [6.07, 6.45) is 1.59. The van der Waals surface area contributed by atoms with Crippen LogP contribution >= 0.6 is 0 Å². The lowest BCUT2D eigenvalue weighted by Gasteiger charge is -2.14. The van der Waals surface area contributed by atoms with Gasteiger partial charge in [0, 0.05) is 11.5 Å². The number of nitrogens with two attached hydrogens (primary N) is 1. The Balaban J connectivity index is 2.84. The molecule has 0 aliphatic carbocycles. The van der Waals surface area contributed by atoms with Gasteiger partial charge < -0.3 is 19.9 Å². The average Bonchev–Trinajstić information content (AvgIpc) is 2.36. The number of nitrogen functional groups attached to an aromatic ring is 1. The molecule has 1 aromatic carbocycles. The molecule has 0 amide bonds. The van der Waals surface area contributed by atoms with E-state index in [0.29, 0.717) is 22.9 Å². The standard InChI is InChI=1S/C12H14N2O3/c1-15-10-5-9-8(4-7(13)6-14-9)11(16-2)12(10)17-3/h4-6H,13H2,1-3H3. The van der Waals surface area contributed by atoms with E-state index in [4.69, 9.17) is 19.9 Å². The molecule has 0 spiro atoms. The molecule has 0 unspecified atom stereocenters. The van der Waals surface area contributed by atoms with Crippen LogP contribution in [0.1, 0.15) is 0 Å². The number of fused-ring (bicyclic) bond motifs is 1. The number of nitrogens with zero attached hydrogens (tertiary/aromatic N) is 1.